The summed E-state index contributed by atoms with van der Waals surface area (Å²) < 4.78 is 27.9. The number of hydrogen-bond donors (Lipinski definition) is 2. The van der Waals surface area contributed by atoms with Crippen molar-refractivity contribution in [2.75, 3.05) is 17.2 Å². The van der Waals surface area contributed by atoms with E-state index in [1.165, 1.54) is 0 Å². The second kappa shape index (κ2) is 7.13. The first-order chi connectivity index (χ1) is 10.0. The Morgan fingerprint density at radius 2 is 1.90 bits per heavy atom. The van der Waals surface area contributed by atoms with Gasteiger partial charge in [0.25, 0.3) is 0 Å². The van der Waals surface area contributed by atoms with Gasteiger partial charge in [0.05, 0.1) is 14.6 Å². The van der Waals surface area contributed by atoms with Crippen molar-refractivity contribution < 1.29 is 8.78 Å². The number of aromatic nitrogens is 2. The smallest absolute Gasteiger partial charge is 0.224 e. The number of anilines is 3. The first-order valence-electron chi connectivity index (χ1n) is 6.19. The van der Waals surface area contributed by atoms with Crippen LogP contribution in [0.25, 0.3) is 0 Å². The van der Waals surface area contributed by atoms with Gasteiger partial charge in [-0.1, -0.05) is 6.92 Å². The molecule has 112 valence electrons. The van der Waals surface area contributed by atoms with E-state index < -0.39 is 11.6 Å². The molecular formula is C13H12Br2F2N4. The minimum atomic E-state index is -0.586. The molecule has 0 saturated carbocycles. The molecule has 2 rings (SSSR count). The molecule has 1 heterocycles. The predicted molar refractivity (Wildman–Crippen MR) is 85.9 cm³/mol. The van der Waals surface area contributed by atoms with Crippen LogP contribution in [-0.4, -0.2) is 16.5 Å². The first kappa shape index (κ1) is 16.1. The Balaban J connectivity index is 2.28. The van der Waals surface area contributed by atoms with Crippen LogP contribution in [0.3, 0.4) is 0 Å². The van der Waals surface area contributed by atoms with E-state index in [1.54, 1.807) is 6.20 Å². The van der Waals surface area contributed by atoms with Gasteiger partial charge in [-0.15, -0.1) is 0 Å². The molecule has 8 heteroatoms. The van der Waals surface area contributed by atoms with Gasteiger partial charge >= 0.3 is 0 Å². The SMILES string of the molecule is CCCNc1ncc(Br)c(Nc2cc(F)c(Br)cc2F)n1. The van der Waals surface area contributed by atoms with E-state index in [-0.39, 0.29) is 10.2 Å². The number of halogens is 4. The minimum absolute atomic E-state index is 0.00320. The van der Waals surface area contributed by atoms with Crippen molar-refractivity contribution in [2.24, 2.45) is 0 Å². The fourth-order valence-electron chi connectivity index (χ4n) is 1.52. The van der Waals surface area contributed by atoms with Crippen molar-refractivity contribution in [3.63, 3.8) is 0 Å². The van der Waals surface area contributed by atoms with E-state index in [2.05, 4.69) is 52.5 Å². The highest BCUT2D eigenvalue weighted by Crippen LogP contribution is 2.28. The topological polar surface area (TPSA) is 49.8 Å². The first-order valence-corrected chi connectivity index (χ1v) is 7.77. The molecule has 1 aromatic carbocycles. The Morgan fingerprint density at radius 1 is 1.14 bits per heavy atom. The van der Waals surface area contributed by atoms with Crippen LogP contribution in [0, 0.1) is 11.6 Å². The molecule has 0 aliphatic heterocycles. The molecule has 2 aromatic rings. The molecule has 0 unspecified atom stereocenters. The van der Waals surface area contributed by atoms with Crippen LogP contribution >= 0.6 is 31.9 Å². The molecule has 2 N–H and O–H groups in total. The average molecular weight is 422 g/mol. The van der Waals surface area contributed by atoms with Crippen LogP contribution in [-0.2, 0) is 0 Å². The summed E-state index contributed by atoms with van der Waals surface area (Å²) in [5.74, 6) is -0.380. The van der Waals surface area contributed by atoms with Gasteiger partial charge < -0.3 is 10.6 Å². The molecule has 0 atom stereocenters. The Morgan fingerprint density at radius 3 is 2.62 bits per heavy atom. The van der Waals surface area contributed by atoms with E-state index in [0.29, 0.717) is 16.2 Å². The number of nitrogens with zero attached hydrogens (tertiary/aromatic N) is 2. The second-order valence-electron chi connectivity index (χ2n) is 4.19. The highest BCUT2D eigenvalue weighted by Gasteiger charge is 2.11. The van der Waals surface area contributed by atoms with Gasteiger partial charge in [-0.3, -0.25) is 0 Å². The third-order valence-corrected chi connectivity index (χ3v) is 3.73. The summed E-state index contributed by atoms with van der Waals surface area (Å²) in [5, 5.41) is 5.78. The zero-order chi connectivity index (χ0) is 15.4. The molecule has 1 aromatic heterocycles. The van der Waals surface area contributed by atoms with Crippen molar-refractivity contribution in [2.45, 2.75) is 13.3 Å². The van der Waals surface area contributed by atoms with Crippen molar-refractivity contribution >= 4 is 49.3 Å². The van der Waals surface area contributed by atoms with Crippen LogP contribution in [0.2, 0.25) is 0 Å². The maximum Gasteiger partial charge on any atom is 0.224 e. The van der Waals surface area contributed by atoms with Gasteiger partial charge in [-0.25, -0.2) is 13.8 Å². The van der Waals surface area contributed by atoms with E-state index in [1.807, 2.05) is 6.92 Å². The molecule has 4 nitrogen and oxygen atoms in total. The Hall–Kier alpha value is -1.28. The second-order valence-corrected chi connectivity index (χ2v) is 5.90. The molecular weight excluding hydrogens is 410 g/mol. The normalized spacial score (nSPS) is 10.5. The molecule has 0 aliphatic rings. The lowest BCUT2D eigenvalue weighted by atomic mass is 10.3. The van der Waals surface area contributed by atoms with Crippen molar-refractivity contribution in [3.05, 3.63) is 38.9 Å². The molecule has 0 aliphatic carbocycles. The standard InChI is InChI=1S/C13H12Br2F2N4/c1-2-3-18-13-19-6-8(15)12(21-13)20-11-5-9(16)7(14)4-10(11)17/h4-6H,2-3H2,1H3,(H2,18,19,20,21). The van der Waals surface area contributed by atoms with Crippen LogP contribution in [0.5, 0.6) is 0 Å². The fourth-order valence-corrected chi connectivity index (χ4v) is 2.13. The Labute approximate surface area is 137 Å². The summed E-state index contributed by atoms with van der Waals surface area (Å²) in [5.41, 5.74) is -0.00320. The van der Waals surface area contributed by atoms with Crippen LogP contribution in [0.4, 0.5) is 26.2 Å². The van der Waals surface area contributed by atoms with Gasteiger partial charge in [0.1, 0.15) is 17.5 Å². The van der Waals surface area contributed by atoms with Crippen molar-refractivity contribution in [1.82, 2.24) is 9.97 Å². The van der Waals surface area contributed by atoms with Gasteiger partial charge in [0.15, 0.2) is 0 Å². The maximum atomic E-state index is 13.8. The van der Waals surface area contributed by atoms with Crippen molar-refractivity contribution in [3.8, 4) is 0 Å². The molecule has 0 radical (unpaired) electrons. The van der Waals surface area contributed by atoms with Crippen LogP contribution in [0.1, 0.15) is 13.3 Å². The molecule has 0 saturated heterocycles. The van der Waals surface area contributed by atoms with E-state index in [9.17, 15) is 8.78 Å². The monoisotopic (exact) mass is 420 g/mol. The molecule has 0 amide bonds. The zero-order valence-electron chi connectivity index (χ0n) is 11.1. The van der Waals surface area contributed by atoms with Crippen molar-refractivity contribution in [1.29, 1.82) is 0 Å². The average Bonchev–Trinajstić information content (AvgIpc) is 2.45. The summed E-state index contributed by atoms with van der Waals surface area (Å²) in [4.78, 5) is 8.30. The highest BCUT2D eigenvalue weighted by atomic mass is 79.9. The number of hydrogen-bond acceptors (Lipinski definition) is 4. The third kappa shape index (κ3) is 4.10. The lowest BCUT2D eigenvalue weighted by molar-refractivity contribution is 0.597. The van der Waals surface area contributed by atoms with Gasteiger partial charge in [0, 0.05) is 18.8 Å². The van der Waals surface area contributed by atoms with Crippen LogP contribution < -0.4 is 10.6 Å². The summed E-state index contributed by atoms with van der Waals surface area (Å²) in [6, 6.07) is 2.12. The lowest BCUT2D eigenvalue weighted by Crippen LogP contribution is -2.06. The Bertz CT molecular complexity index is 652. The summed E-state index contributed by atoms with van der Waals surface area (Å²) >= 11 is 6.21. The number of nitrogens with one attached hydrogen (secondary N) is 2. The van der Waals surface area contributed by atoms with Crippen LogP contribution in [0.15, 0.2) is 27.3 Å². The molecule has 0 spiro atoms. The van der Waals surface area contributed by atoms with E-state index in [0.717, 1.165) is 25.1 Å². The third-order valence-electron chi connectivity index (χ3n) is 2.54. The molecule has 0 bridgehead atoms. The summed E-state index contributed by atoms with van der Waals surface area (Å²) in [7, 11) is 0. The van der Waals surface area contributed by atoms with E-state index >= 15 is 0 Å². The Kier molecular flexibility index (Phi) is 5.46. The number of rotatable bonds is 5. The van der Waals surface area contributed by atoms with Gasteiger partial charge in [0.2, 0.25) is 5.95 Å². The molecule has 21 heavy (non-hydrogen) atoms. The zero-order valence-corrected chi connectivity index (χ0v) is 14.2. The number of benzene rings is 1. The maximum absolute atomic E-state index is 13.8. The highest BCUT2D eigenvalue weighted by molar-refractivity contribution is 9.10. The fraction of sp³-hybridized carbons (Fsp3) is 0.231. The largest absolute Gasteiger partial charge is 0.354 e. The summed E-state index contributed by atoms with van der Waals surface area (Å²) in [6.07, 6.45) is 2.47. The quantitative estimate of drug-likeness (QED) is 0.678. The minimum Gasteiger partial charge on any atom is -0.354 e. The lowest BCUT2D eigenvalue weighted by Gasteiger charge is -2.11. The summed E-state index contributed by atoms with van der Waals surface area (Å²) in [6.45, 7) is 2.74. The van der Waals surface area contributed by atoms with Gasteiger partial charge in [-0.2, -0.15) is 4.98 Å². The van der Waals surface area contributed by atoms with Gasteiger partial charge in [-0.05, 0) is 44.3 Å². The van der Waals surface area contributed by atoms with E-state index in [4.69, 9.17) is 0 Å². The molecule has 0 fully saturated rings. The predicted octanol–water partition coefficient (Wildman–Crippen LogP) is 4.85.